The molecule has 1 aliphatic heterocycles. The number of carbonyl (C=O) groups is 1. The molecule has 1 aliphatic rings. The third-order valence-electron chi connectivity index (χ3n) is 5.35. The van der Waals surface area contributed by atoms with E-state index in [1.54, 1.807) is 30.7 Å². The van der Waals surface area contributed by atoms with Crippen LogP contribution in [-0.2, 0) is 0 Å². The monoisotopic (exact) mass is 392 g/mol. The number of rotatable bonds is 4. The van der Waals surface area contributed by atoms with Crippen molar-refractivity contribution in [1.82, 2.24) is 25.0 Å². The average Bonchev–Trinajstić information content (AvgIpc) is 3.35. The van der Waals surface area contributed by atoms with E-state index in [1.807, 2.05) is 37.7 Å². The second-order valence-electron chi connectivity index (χ2n) is 7.48. The van der Waals surface area contributed by atoms with Gasteiger partial charge in [-0.05, 0) is 38.8 Å². The number of hydrogen-bond acceptors (Lipinski definition) is 7. The summed E-state index contributed by atoms with van der Waals surface area (Å²) in [5.41, 5.74) is 3.93. The van der Waals surface area contributed by atoms with Gasteiger partial charge in [0.1, 0.15) is 0 Å². The number of likely N-dealkylation sites (tertiary alicyclic amines) is 1. The second kappa shape index (κ2) is 7.62. The molecule has 8 heteroatoms. The molecule has 0 saturated carbocycles. The summed E-state index contributed by atoms with van der Waals surface area (Å²) < 4.78 is 5.61. The van der Waals surface area contributed by atoms with Crippen molar-refractivity contribution < 1.29 is 9.32 Å². The van der Waals surface area contributed by atoms with Crippen LogP contribution >= 0.6 is 0 Å². The Bertz CT molecular complexity index is 1030. The van der Waals surface area contributed by atoms with Gasteiger partial charge in [-0.15, -0.1) is 0 Å². The predicted octanol–water partition coefficient (Wildman–Crippen LogP) is 3.19. The van der Waals surface area contributed by atoms with Gasteiger partial charge in [0.25, 0.3) is 5.91 Å². The maximum atomic E-state index is 13.2. The molecule has 0 spiro atoms. The Morgan fingerprint density at radius 3 is 2.76 bits per heavy atom. The lowest BCUT2D eigenvalue weighted by atomic mass is 10.0. The predicted molar refractivity (Wildman–Crippen MR) is 109 cm³/mol. The molecule has 3 aromatic heterocycles. The molecule has 0 unspecified atom stereocenters. The summed E-state index contributed by atoms with van der Waals surface area (Å²) in [4.78, 5) is 30.3. The zero-order chi connectivity index (χ0) is 20.5. The molecule has 1 amide bonds. The SMILES string of the molecule is Cc1noc(-c2cnc(N(C)C)nc2[C@@H]2CCCN2C(=O)c2cccnc2)c1C. The van der Waals surface area contributed by atoms with Crippen LogP contribution in [0, 0.1) is 13.8 Å². The van der Waals surface area contributed by atoms with E-state index in [0.29, 0.717) is 23.8 Å². The van der Waals surface area contributed by atoms with Crippen molar-refractivity contribution >= 4 is 11.9 Å². The molecule has 29 heavy (non-hydrogen) atoms. The molecular formula is C21H24N6O2. The number of aromatic nitrogens is 4. The number of anilines is 1. The minimum Gasteiger partial charge on any atom is -0.356 e. The van der Waals surface area contributed by atoms with E-state index in [2.05, 4.69) is 15.1 Å². The van der Waals surface area contributed by atoms with Gasteiger partial charge in [-0.3, -0.25) is 9.78 Å². The average molecular weight is 392 g/mol. The van der Waals surface area contributed by atoms with Crippen LogP contribution in [0.4, 0.5) is 5.95 Å². The van der Waals surface area contributed by atoms with E-state index in [0.717, 1.165) is 35.4 Å². The first-order chi connectivity index (χ1) is 14.0. The van der Waals surface area contributed by atoms with E-state index < -0.39 is 0 Å². The van der Waals surface area contributed by atoms with E-state index >= 15 is 0 Å². The van der Waals surface area contributed by atoms with E-state index in [1.165, 1.54) is 0 Å². The quantitative estimate of drug-likeness (QED) is 0.674. The van der Waals surface area contributed by atoms with Crippen molar-refractivity contribution in [1.29, 1.82) is 0 Å². The van der Waals surface area contributed by atoms with Crippen molar-refractivity contribution in [3.05, 3.63) is 53.2 Å². The van der Waals surface area contributed by atoms with Crippen LogP contribution in [0.25, 0.3) is 11.3 Å². The summed E-state index contributed by atoms with van der Waals surface area (Å²) in [7, 11) is 3.80. The molecule has 1 saturated heterocycles. The highest BCUT2D eigenvalue weighted by molar-refractivity contribution is 5.94. The standard InChI is InChI=1S/C21H24N6O2/c1-13-14(2)25-29-19(13)16-12-23-21(26(3)4)24-18(16)17-8-6-10-27(17)20(28)15-7-5-9-22-11-15/h5,7,9,11-12,17H,6,8,10H2,1-4H3/t17-/m0/s1. The van der Waals surface area contributed by atoms with E-state index in [-0.39, 0.29) is 11.9 Å². The molecule has 150 valence electrons. The minimum atomic E-state index is -0.163. The first-order valence-corrected chi connectivity index (χ1v) is 9.66. The topological polar surface area (TPSA) is 88.3 Å². The Labute approximate surface area is 169 Å². The normalized spacial score (nSPS) is 16.3. The van der Waals surface area contributed by atoms with Gasteiger partial charge in [0.2, 0.25) is 5.95 Å². The van der Waals surface area contributed by atoms with E-state index in [4.69, 9.17) is 9.51 Å². The lowest BCUT2D eigenvalue weighted by Gasteiger charge is -2.26. The van der Waals surface area contributed by atoms with Gasteiger partial charge < -0.3 is 14.3 Å². The molecule has 8 nitrogen and oxygen atoms in total. The van der Waals surface area contributed by atoms with E-state index in [9.17, 15) is 4.79 Å². The van der Waals surface area contributed by atoms with Crippen LogP contribution in [0.3, 0.4) is 0 Å². The fraction of sp³-hybridized carbons (Fsp3) is 0.381. The summed E-state index contributed by atoms with van der Waals surface area (Å²) in [6.07, 6.45) is 6.78. The van der Waals surface area contributed by atoms with Crippen molar-refractivity contribution in [2.75, 3.05) is 25.5 Å². The molecule has 3 aromatic rings. The van der Waals surface area contributed by atoms with Crippen LogP contribution in [0.15, 0.2) is 35.2 Å². The van der Waals surface area contributed by atoms with Crippen LogP contribution < -0.4 is 4.90 Å². The Balaban J connectivity index is 1.80. The maximum Gasteiger partial charge on any atom is 0.255 e. The molecular weight excluding hydrogens is 368 g/mol. The summed E-state index contributed by atoms with van der Waals surface area (Å²) in [6.45, 7) is 4.55. The zero-order valence-electron chi connectivity index (χ0n) is 17.1. The maximum absolute atomic E-state index is 13.2. The van der Waals surface area contributed by atoms with Crippen LogP contribution in [0.5, 0.6) is 0 Å². The van der Waals surface area contributed by atoms with Crippen LogP contribution in [0.1, 0.15) is 46.2 Å². The highest BCUT2D eigenvalue weighted by atomic mass is 16.5. The zero-order valence-corrected chi connectivity index (χ0v) is 17.1. The number of amides is 1. The number of pyridine rings is 1. The lowest BCUT2D eigenvalue weighted by molar-refractivity contribution is 0.0732. The number of nitrogens with zero attached hydrogens (tertiary/aromatic N) is 6. The Morgan fingerprint density at radius 1 is 1.28 bits per heavy atom. The Morgan fingerprint density at radius 2 is 2.10 bits per heavy atom. The molecule has 0 radical (unpaired) electrons. The van der Waals surface area contributed by atoms with Crippen molar-refractivity contribution in [3.63, 3.8) is 0 Å². The van der Waals surface area contributed by atoms with Gasteiger partial charge in [-0.25, -0.2) is 9.97 Å². The smallest absolute Gasteiger partial charge is 0.255 e. The van der Waals surface area contributed by atoms with Crippen molar-refractivity contribution in [2.45, 2.75) is 32.7 Å². The summed E-state index contributed by atoms with van der Waals surface area (Å²) in [6, 6.07) is 3.41. The Kier molecular flexibility index (Phi) is 5.00. The lowest BCUT2D eigenvalue weighted by Crippen LogP contribution is -2.31. The molecule has 0 N–H and O–H groups in total. The Hall–Kier alpha value is -3.29. The third-order valence-corrected chi connectivity index (χ3v) is 5.35. The van der Waals surface area contributed by atoms with Gasteiger partial charge >= 0.3 is 0 Å². The molecule has 4 heterocycles. The molecule has 1 atom stereocenters. The number of carbonyl (C=O) groups excluding carboxylic acids is 1. The number of hydrogen-bond donors (Lipinski definition) is 0. The molecule has 0 bridgehead atoms. The van der Waals surface area contributed by atoms with Gasteiger partial charge in [-0.1, -0.05) is 5.16 Å². The summed E-state index contributed by atoms with van der Waals surface area (Å²) >= 11 is 0. The molecule has 0 aromatic carbocycles. The molecule has 0 aliphatic carbocycles. The highest BCUT2D eigenvalue weighted by Crippen LogP contribution is 2.39. The van der Waals surface area contributed by atoms with Gasteiger partial charge in [0.15, 0.2) is 5.76 Å². The van der Waals surface area contributed by atoms with Gasteiger partial charge in [-0.2, -0.15) is 0 Å². The molecule has 4 rings (SSSR count). The second-order valence-corrected chi connectivity index (χ2v) is 7.48. The number of aryl methyl sites for hydroxylation is 1. The van der Waals surface area contributed by atoms with Crippen LogP contribution in [-0.4, -0.2) is 51.6 Å². The third kappa shape index (κ3) is 3.46. The van der Waals surface area contributed by atoms with Gasteiger partial charge in [0, 0.05) is 44.8 Å². The fourth-order valence-electron chi connectivity index (χ4n) is 3.65. The highest BCUT2D eigenvalue weighted by Gasteiger charge is 2.35. The molecule has 1 fully saturated rings. The van der Waals surface area contributed by atoms with Crippen molar-refractivity contribution in [3.8, 4) is 11.3 Å². The van der Waals surface area contributed by atoms with Crippen molar-refractivity contribution in [2.24, 2.45) is 0 Å². The summed E-state index contributed by atoms with van der Waals surface area (Å²) in [5.74, 6) is 1.21. The largest absolute Gasteiger partial charge is 0.356 e. The van der Waals surface area contributed by atoms with Crippen LogP contribution in [0.2, 0.25) is 0 Å². The minimum absolute atomic E-state index is 0.0398. The fourth-order valence-corrected chi connectivity index (χ4v) is 3.65. The first-order valence-electron chi connectivity index (χ1n) is 9.66. The summed E-state index contributed by atoms with van der Waals surface area (Å²) in [5, 5.41) is 4.09. The first kappa shape index (κ1) is 19.0. The van der Waals surface area contributed by atoms with Gasteiger partial charge in [0.05, 0.1) is 28.6 Å².